The van der Waals surface area contributed by atoms with Crippen LogP contribution in [0.4, 0.5) is 8.78 Å². The van der Waals surface area contributed by atoms with E-state index >= 15 is 4.57 Å². The number of hydrogen-bond donors (Lipinski definition) is 0. The van der Waals surface area contributed by atoms with Crippen LogP contribution in [0.1, 0.15) is 105 Å². The molecule has 0 saturated heterocycles. The van der Waals surface area contributed by atoms with Crippen molar-refractivity contribution in [2.24, 2.45) is 0 Å². The molecular weight excluding hydrogens is 681 g/mol. The maximum absolute atomic E-state index is 16.9. The molecule has 0 fully saturated rings. The van der Waals surface area contributed by atoms with Gasteiger partial charge in [0.25, 0.3) is 0 Å². The highest BCUT2D eigenvalue weighted by molar-refractivity contribution is 7.85. The number of fused-ring (bicyclic) bond motifs is 1. The molecule has 0 radical (unpaired) electrons. The molecule has 280 valence electrons. The second-order valence-corrected chi connectivity index (χ2v) is 20.4. The van der Waals surface area contributed by atoms with Crippen LogP contribution in [0.5, 0.6) is 34.5 Å². The van der Waals surface area contributed by atoms with Gasteiger partial charge in [-0.1, -0.05) is 101 Å². The van der Waals surface area contributed by atoms with Crippen molar-refractivity contribution in [2.45, 2.75) is 111 Å². The topological polar surface area (TPSA) is 63.2 Å². The molecule has 0 N–H and O–H groups in total. The van der Waals surface area contributed by atoms with E-state index in [4.69, 9.17) is 23.7 Å². The first-order valence-corrected chi connectivity index (χ1v) is 19.3. The number of alkyl halides is 2. The zero-order valence-electron chi connectivity index (χ0n) is 33.0. The summed E-state index contributed by atoms with van der Waals surface area (Å²) < 4.78 is 75.0. The Labute approximate surface area is 308 Å². The highest BCUT2D eigenvalue weighted by Crippen LogP contribution is 2.54. The van der Waals surface area contributed by atoms with E-state index in [2.05, 4.69) is 83.1 Å². The fourth-order valence-electron chi connectivity index (χ4n) is 6.59. The number of halogens is 2. The highest BCUT2D eigenvalue weighted by atomic mass is 31.2. The van der Waals surface area contributed by atoms with Gasteiger partial charge in [0.15, 0.2) is 18.6 Å². The SMILES string of the molecule is COc1c(C(C)(C)C)cc(P(=O)(c2cc(Oc3ccccc3)c3c(c2)OC(F)(F)O3)c2cc(C(C)(C)C)c(OC)c(C(C)(C)C)c2)cc1C(C)(C)C. The zero-order valence-corrected chi connectivity index (χ0v) is 33.9. The maximum atomic E-state index is 16.9. The fraction of sp³-hybridized carbons (Fsp3) is 0.442. The molecule has 1 aliphatic rings. The summed E-state index contributed by atoms with van der Waals surface area (Å²) in [5.41, 5.74) is 1.79. The Morgan fingerprint density at radius 3 is 1.33 bits per heavy atom. The van der Waals surface area contributed by atoms with Crippen molar-refractivity contribution in [3.8, 4) is 34.5 Å². The zero-order chi connectivity index (χ0) is 38.8. The van der Waals surface area contributed by atoms with Crippen LogP contribution in [0.15, 0.2) is 66.7 Å². The molecule has 0 bridgehead atoms. The van der Waals surface area contributed by atoms with Gasteiger partial charge in [-0.25, -0.2) is 0 Å². The Bertz CT molecular complexity index is 1870. The lowest BCUT2D eigenvalue weighted by molar-refractivity contribution is -0.287. The minimum absolute atomic E-state index is 0.0442. The Hall–Kier alpha value is -4.03. The first kappa shape index (κ1) is 39.2. The van der Waals surface area contributed by atoms with E-state index in [0.717, 1.165) is 22.3 Å². The third kappa shape index (κ3) is 7.42. The smallest absolute Gasteiger partial charge is 0.496 e. The van der Waals surface area contributed by atoms with Gasteiger partial charge in [0.2, 0.25) is 5.75 Å². The van der Waals surface area contributed by atoms with Crippen LogP contribution >= 0.6 is 7.14 Å². The molecule has 0 atom stereocenters. The molecule has 0 spiro atoms. The van der Waals surface area contributed by atoms with E-state index in [1.165, 1.54) is 6.07 Å². The molecule has 0 aromatic heterocycles. The number of hydrogen-bond acceptors (Lipinski definition) is 6. The molecule has 1 aliphatic heterocycles. The van der Waals surface area contributed by atoms with E-state index in [1.54, 1.807) is 44.6 Å². The standard InChI is InChI=1S/C43H53F2O6P/c1-39(2,3)30-20-27(21-31(36(30)47-13)40(4,5)6)52(46,28-22-32(41(7,8)9)37(48-14)33(23-28)42(10,11)12)29-24-34(49-26-18-16-15-17-19-26)38-35(25-29)50-43(44,45)51-38/h15-25H,1-14H3. The first-order chi connectivity index (χ1) is 23.8. The van der Waals surface area contributed by atoms with Gasteiger partial charge >= 0.3 is 6.29 Å². The van der Waals surface area contributed by atoms with Gasteiger partial charge in [-0.05, 0) is 70.2 Å². The Balaban J connectivity index is 2.00. The largest absolute Gasteiger partial charge is 0.586 e. The Kier molecular flexibility index (Phi) is 9.89. The summed E-state index contributed by atoms with van der Waals surface area (Å²) in [4.78, 5) is 0. The molecule has 0 aliphatic carbocycles. The number of benzene rings is 4. The van der Waals surface area contributed by atoms with Crippen molar-refractivity contribution < 1.29 is 37.0 Å². The van der Waals surface area contributed by atoms with Crippen LogP contribution < -0.4 is 39.6 Å². The number of para-hydroxylation sites is 1. The Morgan fingerprint density at radius 2 is 0.962 bits per heavy atom. The number of rotatable bonds is 7. The van der Waals surface area contributed by atoms with Gasteiger partial charge < -0.3 is 28.2 Å². The minimum atomic E-state index is -4.00. The van der Waals surface area contributed by atoms with Gasteiger partial charge in [0, 0.05) is 38.2 Å². The maximum Gasteiger partial charge on any atom is 0.586 e. The molecule has 0 amide bonds. The van der Waals surface area contributed by atoms with E-state index in [9.17, 15) is 8.78 Å². The lowest BCUT2D eigenvalue weighted by atomic mass is 9.79. The molecule has 1 heterocycles. The monoisotopic (exact) mass is 734 g/mol. The second-order valence-electron chi connectivity index (χ2n) is 17.6. The van der Waals surface area contributed by atoms with Gasteiger partial charge in [0.1, 0.15) is 17.2 Å². The van der Waals surface area contributed by atoms with Crippen molar-refractivity contribution in [1.29, 1.82) is 0 Å². The van der Waals surface area contributed by atoms with Crippen molar-refractivity contribution in [3.63, 3.8) is 0 Å². The van der Waals surface area contributed by atoms with Crippen molar-refractivity contribution in [1.82, 2.24) is 0 Å². The molecule has 4 aromatic carbocycles. The highest BCUT2D eigenvalue weighted by Gasteiger charge is 2.47. The minimum Gasteiger partial charge on any atom is -0.496 e. The van der Waals surface area contributed by atoms with E-state index in [1.807, 2.05) is 30.3 Å². The number of ether oxygens (including phenoxy) is 5. The molecule has 4 aromatic rings. The predicted octanol–water partition coefficient (Wildman–Crippen LogP) is 10.6. The van der Waals surface area contributed by atoms with Crippen LogP contribution in [0.25, 0.3) is 0 Å². The van der Waals surface area contributed by atoms with E-state index in [-0.39, 0.29) is 22.6 Å². The molecule has 0 saturated carbocycles. The van der Waals surface area contributed by atoms with Gasteiger partial charge in [-0.15, -0.1) is 8.78 Å². The third-order valence-corrected chi connectivity index (χ3v) is 12.3. The summed E-state index contributed by atoms with van der Waals surface area (Å²) in [5.74, 6) is 1.24. The molecule has 5 rings (SSSR count). The summed E-state index contributed by atoms with van der Waals surface area (Å²) in [5, 5.41) is 1.28. The normalized spacial score (nSPS) is 14.7. The molecule has 9 heteroatoms. The van der Waals surface area contributed by atoms with Crippen molar-refractivity contribution in [3.05, 3.63) is 89.0 Å². The van der Waals surface area contributed by atoms with Crippen molar-refractivity contribution in [2.75, 3.05) is 14.2 Å². The predicted molar refractivity (Wildman–Crippen MR) is 206 cm³/mol. The van der Waals surface area contributed by atoms with Crippen molar-refractivity contribution >= 4 is 23.1 Å². The molecule has 0 unspecified atom stereocenters. The van der Waals surface area contributed by atoms with E-state index < -0.39 is 35.1 Å². The fourth-order valence-corrected chi connectivity index (χ4v) is 9.32. The summed E-state index contributed by atoms with van der Waals surface area (Å²) >= 11 is 0. The average Bonchev–Trinajstić information content (AvgIpc) is 3.36. The third-order valence-electron chi connectivity index (χ3n) is 9.30. The van der Waals surface area contributed by atoms with Crippen LogP contribution in [0.3, 0.4) is 0 Å². The van der Waals surface area contributed by atoms with Gasteiger partial charge in [-0.2, -0.15) is 0 Å². The Morgan fingerprint density at radius 1 is 0.577 bits per heavy atom. The second kappa shape index (κ2) is 13.1. The summed E-state index contributed by atoms with van der Waals surface area (Å²) in [7, 11) is -0.697. The number of methoxy groups -OCH3 is 2. The molecular formula is C43H53F2O6P. The van der Waals surface area contributed by atoms with Crippen LogP contribution in [-0.4, -0.2) is 20.5 Å². The lowest BCUT2D eigenvalue weighted by Gasteiger charge is -2.34. The quantitative estimate of drug-likeness (QED) is 0.176. The summed E-state index contributed by atoms with van der Waals surface area (Å²) in [6.07, 6.45) is -3.95. The van der Waals surface area contributed by atoms with Crippen LogP contribution in [-0.2, 0) is 26.2 Å². The summed E-state index contributed by atoms with van der Waals surface area (Å²) in [6.45, 7) is 25.0. The summed E-state index contributed by atoms with van der Waals surface area (Å²) in [6, 6.07) is 19.5. The van der Waals surface area contributed by atoms with Crippen LogP contribution in [0.2, 0.25) is 0 Å². The molecule has 52 heavy (non-hydrogen) atoms. The van der Waals surface area contributed by atoms with Gasteiger partial charge in [0.05, 0.1) is 14.2 Å². The van der Waals surface area contributed by atoms with Gasteiger partial charge in [-0.3, -0.25) is 0 Å². The molecule has 6 nitrogen and oxygen atoms in total. The van der Waals surface area contributed by atoms with E-state index in [0.29, 0.717) is 27.9 Å². The lowest BCUT2D eigenvalue weighted by Crippen LogP contribution is -2.31. The first-order valence-electron chi connectivity index (χ1n) is 17.6. The van der Waals surface area contributed by atoms with Crippen LogP contribution in [0, 0.1) is 0 Å². The average molecular weight is 735 g/mol.